The van der Waals surface area contributed by atoms with Gasteiger partial charge in [-0.2, -0.15) is 13.2 Å². The van der Waals surface area contributed by atoms with E-state index in [9.17, 15) is 23.1 Å². The zero-order valence-corrected chi connectivity index (χ0v) is 12.7. The molecule has 1 heterocycles. The number of halogens is 3. The molecule has 2 amide bonds. The third kappa shape index (κ3) is 4.07. The summed E-state index contributed by atoms with van der Waals surface area (Å²) in [5.74, 6) is 0.0900. The molecule has 0 aromatic heterocycles. The number of anilines is 1. The van der Waals surface area contributed by atoms with Gasteiger partial charge in [0.15, 0.2) is 0 Å². The SMILES string of the molecule is CCOc1ccc(NC(=O)N2CCCC2CO)c(C(F)(F)F)c1. The van der Waals surface area contributed by atoms with Crippen LogP contribution in [0.5, 0.6) is 5.75 Å². The number of hydrogen-bond acceptors (Lipinski definition) is 3. The maximum atomic E-state index is 13.2. The summed E-state index contributed by atoms with van der Waals surface area (Å²) in [5, 5.41) is 11.5. The van der Waals surface area contributed by atoms with Crippen LogP contribution in [0.1, 0.15) is 25.3 Å². The van der Waals surface area contributed by atoms with Gasteiger partial charge in [0.2, 0.25) is 0 Å². The number of likely N-dealkylation sites (tertiary alicyclic amines) is 1. The maximum Gasteiger partial charge on any atom is 0.418 e. The van der Waals surface area contributed by atoms with Gasteiger partial charge in [-0.1, -0.05) is 0 Å². The van der Waals surface area contributed by atoms with E-state index in [1.54, 1.807) is 6.92 Å². The molecule has 0 saturated carbocycles. The molecule has 1 saturated heterocycles. The molecule has 1 aromatic rings. The molecule has 5 nitrogen and oxygen atoms in total. The van der Waals surface area contributed by atoms with Crippen LogP contribution >= 0.6 is 0 Å². The second-order valence-electron chi connectivity index (χ2n) is 5.24. The van der Waals surface area contributed by atoms with Crippen molar-refractivity contribution in [2.75, 3.05) is 25.1 Å². The quantitative estimate of drug-likeness (QED) is 0.891. The molecular formula is C15H19F3N2O3. The first-order valence-corrected chi connectivity index (χ1v) is 7.39. The molecule has 0 radical (unpaired) electrons. The van der Waals surface area contributed by atoms with Crippen molar-refractivity contribution in [3.8, 4) is 5.75 Å². The van der Waals surface area contributed by atoms with Crippen LogP contribution in [0.2, 0.25) is 0 Å². The van der Waals surface area contributed by atoms with Crippen molar-refractivity contribution in [2.24, 2.45) is 0 Å². The minimum absolute atomic E-state index is 0.0900. The van der Waals surface area contributed by atoms with Gasteiger partial charge >= 0.3 is 12.2 Å². The molecule has 8 heteroatoms. The van der Waals surface area contributed by atoms with Crippen molar-refractivity contribution in [1.82, 2.24) is 4.90 Å². The standard InChI is InChI=1S/C15H19F3N2O3/c1-2-23-11-5-6-13(12(8-11)15(16,17)18)19-14(22)20-7-3-4-10(20)9-21/h5-6,8,10,21H,2-4,7,9H2,1H3,(H,19,22). The number of rotatable bonds is 4. The van der Waals surface area contributed by atoms with Gasteiger partial charge in [0.05, 0.1) is 30.5 Å². The fraction of sp³-hybridized carbons (Fsp3) is 0.533. The van der Waals surface area contributed by atoms with Gasteiger partial charge in [-0.05, 0) is 38.0 Å². The number of carbonyl (C=O) groups excluding carboxylic acids is 1. The molecule has 1 unspecified atom stereocenters. The van der Waals surface area contributed by atoms with E-state index in [0.717, 1.165) is 6.07 Å². The number of aliphatic hydroxyl groups is 1. The molecule has 1 fully saturated rings. The number of nitrogens with zero attached hydrogens (tertiary/aromatic N) is 1. The lowest BCUT2D eigenvalue weighted by atomic mass is 10.1. The van der Waals surface area contributed by atoms with Crippen molar-refractivity contribution >= 4 is 11.7 Å². The number of nitrogens with one attached hydrogen (secondary N) is 1. The van der Waals surface area contributed by atoms with Gasteiger partial charge in [-0.3, -0.25) is 0 Å². The lowest BCUT2D eigenvalue weighted by Crippen LogP contribution is -2.40. The lowest BCUT2D eigenvalue weighted by molar-refractivity contribution is -0.137. The Morgan fingerprint density at radius 2 is 2.22 bits per heavy atom. The van der Waals surface area contributed by atoms with Crippen LogP contribution in [0.4, 0.5) is 23.7 Å². The lowest BCUT2D eigenvalue weighted by Gasteiger charge is -2.24. The van der Waals surface area contributed by atoms with E-state index in [0.29, 0.717) is 19.4 Å². The normalized spacial score (nSPS) is 18.1. The van der Waals surface area contributed by atoms with Gasteiger partial charge in [0, 0.05) is 6.54 Å². The van der Waals surface area contributed by atoms with E-state index in [-0.39, 0.29) is 30.7 Å². The Balaban J connectivity index is 2.23. The number of benzene rings is 1. The molecule has 23 heavy (non-hydrogen) atoms. The van der Waals surface area contributed by atoms with Crippen molar-refractivity contribution in [3.63, 3.8) is 0 Å². The van der Waals surface area contributed by atoms with Gasteiger partial charge in [-0.15, -0.1) is 0 Å². The van der Waals surface area contributed by atoms with Crippen molar-refractivity contribution in [3.05, 3.63) is 23.8 Å². The van der Waals surface area contributed by atoms with Gasteiger partial charge in [0.1, 0.15) is 5.75 Å². The fourth-order valence-corrected chi connectivity index (χ4v) is 2.60. The maximum absolute atomic E-state index is 13.2. The summed E-state index contributed by atoms with van der Waals surface area (Å²) < 4.78 is 44.6. The zero-order valence-electron chi connectivity index (χ0n) is 12.7. The summed E-state index contributed by atoms with van der Waals surface area (Å²) in [4.78, 5) is 13.5. The molecule has 128 valence electrons. The summed E-state index contributed by atoms with van der Waals surface area (Å²) in [6.45, 7) is 2.12. The molecule has 1 aromatic carbocycles. The second kappa shape index (κ2) is 7.08. The van der Waals surface area contributed by atoms with Crippen LogP contribution in [0, 0.1) is 0 Å². The van der Waals surface area contributed by atoms with Crippen LogP contribution in [-0.4, -0.2) is 41.8 Å². The van der Waals surface area contributed by atoms with E-state index in [4.69, 9.17) is 4.74 Å². The summed E-state index contributed by atoms with van der Waals surface area (Å²) in [7, 11) is 0. The summed E-state index contributed by atoms with van der Waals surface area (Å²) in [6, 6.07) is 2.42. The highest BCUT2D eigenvalue weighted by molar-refractivity contribution is 5.90. The Hall–Kier alpha value is -1.96. The van der Waals surface area contributed by atoms with Crippen molar-refractivity contribution in [2.45, 2.75) is 32.0 Å². The Morgan fingerprint density at radius 1 is 1.48 bits per heavy atom. The third-order valence-corrected chi connectivity index (χ3v) is 3.70. The summed E-state index contributed by atoms with van der Waals surface area (Å²) >= 11 is 0. The highest BCUT2D eigenvalue weighted by Crippen LogP contribution is 2.37. The van der Waals surface area contributed by atoms with Gasteiger partial charge < -0.3 is 20.1 Å². The highest BCUT2D eigenvalue weighted by atomic mass is 19.4. The summed E-state index contributed by atoms with van der Waals surface area (Å²) in [5.41, 5.74) is -1.29. The topological polar surface area (TPSA) is 61.8 Å². The molecule has 1 aliphatic rings. The predicted octanol–water partition coefficient (Wildman–Crippen LogP) is 3.09. The summed E-state index contributed by atoms with van der Waals surface area (Å²) in [6.07, 6.45) is -3.26. The first-order chi connectivity index (χ1) is 10.9. The van der Waals surface area contributed by atoms with Crippen LogP contribution in [0.3, 0.4) is 0 Å². The molecule has 1 atom stereocenters. The minimum Gasteiger partial charge on any atom is -0.494 e. The number of aliphatic hydroxyl groups excluding tert-OH is 1. The average molecular weight is 332 g/mol. The van der Waals surface area contributed by atoms with Crippen LogP contribution < -0.4 is 10.1 Å². The largest absolute Gasteiger partial charge is 0.494 e. The Labute approximate surface area is 132 Å². The third-order valence-electron chi connectivity index (χ3n) is 3.70. The molecule has 1 aliphatic heterocycles. The number of ether oxygens (including phenoxy) is 1. The second-order valence-corrected chi connectivity index (χ2v) is 5.24. The van der Waals surface area contributed by atoms with Gasteiger partial charge in [-0.25, -0.2) is 4.79 Å². The highest BCUT2D eigenvalue weighted by Gasteiger charge is 2.36. The Morgan fingerprint density at radius 3 is 2.83 bits per heavy atom. The van der Waals surface area contributed by atoms with Crippen LogP contribution in [0.25, 0.3) is 0 Å². The van der Waals surface area contributed by atoms with E-state index in [2.05, 4.69) is 5.32 Å². The van der Waals surface area contributed by atoms with E-state index in [1.165, 1.54) is 17.0 Å². The number of hydrogen-bond donors (Lipinski definition) is 2. The number of amides is 2. The molecule has 2 rings (SSSR count). The number of alkyl halides is 3. The zero-order chi connectivity index (χ0) is 17.0. The number of carbonyl (C=O) groups is 1. The monoisotopic (exact) mass is 332 g/mol. The van der Waals surface area contributed by atoms with Crippen molar-refractivity contribution < 1.29 is 27.8 Å². The molecule has 0 aliphatic carbocycles. The van der Waals surface area contributed by atoms with E-state index < -0.39 is 17.8 Å². The smallest absolute Gasteiger partial charge is 0.418 e. The first-order valence-electron chi connectivity index (χ1n) is 7.39. The van der Waals surface area contributed by atoms with Crippen molar-refractivity contribution in [1.29, 1.82) is 0 Å². The molecule has 2 N–H and O–H groups in total. The average Bonchev–Trinajstić information content (AvgIpc) is 2.96. The van der Waals surface area contributed by atoms with E-state index >= 15 is 0 Å². The number of urea groups is 1. The Kier molecular flexibility index (Phi) is 5.35. The minimum atomic E-state index is -4.61. The molecule has 0 spiro atoms. The first kappa shape index (κ1) is 17.4. The van der Waals surface area contributed by atoms with Gasteiger partial charge in [0.25, 0.3) is 0 Å². The van der Waals surface area contributed by atoms with Crippen LogP contribution in [-0.2, 0) is 6.18 Å². The molecule has 0 bridgehead atoms. The molecular weight excluding hydrogens is 313 g/mol. The predicted molar refractivity (Wildman–Crippen MR) is 78.4 cm³/mol. The van der Waals surface area contributed by atoms with E-state index in [1.807, 2.05) is 0 Å². The Bertz CT molecular complexity index is 563. The fourth-order valence-electron chi connectivity index (χ4n) is 2.60. The van der Waals surface area contributed by atoms with Crippen LogP contribution in [0.15, 0.2) is 18.2 Å².